The van der Waals surface area contributed by atoms with Gasteiger partial charge in [0.2, 0.25) is 5.91 Å². The Morgan fingerprint density at radius 1 is 1.45 bits per heavy atom. The zero-order valence-electron chi connectivity index (χ0n) is 11.4. The lowest BCUT2D eigenvalue weighted by Gasteiger charge is -2.40. The number of hydrogen-bond acceptors (Lipinski definition) is 4. The fourth-order valence-corrected chi connectivity index (χ4v) is 2.23. The summed E-state index contributed by atoms with van der Waals surface area (Å²) in [5, 5.41) is 2.46. The molecule has 1 fully saturated rings. The number of hydrogen-bond donors (Lipinski definition) is 1. The van der Waals surface area contributed by atoms with Crippen molar-refractivity contribution < 1.29 is 14.4 Å². The summed E-state index contributed by atoms with van der Waals surface area (Å²) in [6.45, 7) is 4.70. The first-order valence-corrected chi connectivity index (χ1v) is 6.39. The van der Waals surface area contributed by atoms with Gasteiger partial charge in [-0.05, 0) is 26.8 Å². The van der Waals surface area contributed by atoms with E-state index in [0.29, 0.717) is 5.69 Å². The van der Waals surface area contributed by atoms with Gasteiger partial charge in [0.05, 0.1) is 10.6 Å². The van der Waals surface area contributed by atoms with Gasteiger partial charge in [-0.25, -0.2) is 0 Å². The van der Waals surface area contributed by atoms with Crippen LogP contribution < -0.4 is 5.32 Å². The number of nitrogens with one attached hydrogen (secondary N) is 1. The number of nitrogens with zero attached hydrogens (tertiary/aromatic N) is 2. The molecule has 0 saturated carbocycles. The third kappa shape index (κ3) is 2.38. The first-order chi connectivity index (χ1) is 9.23. The highest BCUT2D eigenvalue weighted by Gasteiger charge is 2.44. The molecule has 1 aromatic heterocycles. The molecule has 0 aliphatic carbocycles. The van der Waals surface area contributed by atoms with Crippen LogP contribution in [0.1, 0.15) is 29.9 Å². The molecule has 1 aliphatic heterocycles. The fraction of sp³-hybridized carbons (Fsp3) is 0.385. The van der Waals surface area contributed by atoms with E-state index in [0.717, 1.165) is 0 Å². The second-order valence-corrected chi connectivity index (χ2v) is 5.54. The lowest BCUT2D eigenvalue weighted by atomic mass is 9.97. The minimum atomic E-state index is -1.13. The maximum absolute atomic E-state index is 12.5. The van der Waals surface area contributed by atoms with Crippen molar-refractivity contribution in [3.05, 3.63) is 28.5 Å². The highest BCUT2D eigenvalue weighted by molar-refractivity contribution is 6.34. The van der Waals surface area contributed by atoms with Crippen molar-refractivity contribution in [2.75, 3.05) is 6.54 Å². The van der Waals surface area contributed by atoms with Gasteiger partial charge in [-0.15, -0.1) is 0 Å². The van der Waals surface area contributed by atoms with Gasteiger partial charge in [0, 0.05) is 11.9 Å². The highest BCUT2D eigenvalue weighted by Crippen LogP contribution is 2.24. The summed E-state index contributed by atoms with van der Waals surface area (Å²) >= 11 is 6.04. The summed E-state index contributed by atoms with van der Waals surface area (Å²) in [5.41, 5.74) is -0.273. The van der Waals surface area contributed by atoms with Gasteiger partial charge < -0.3 is 4.90 Å². The van der Waals surface area contributed by atoms with E-state index < -0.39 is 23.3 Å². The lowest BCUT2D eigenvalue weighted by molar-refractivity contribution is -0.143. The number of pyridine rings is 1. The Morgan fingerprint density at radius 2 is 2.10 bits per heavy atom. The van der Waals surface area contributed by atoms with E-state index in [1.54, 1.807) is 26.8 Å². The minimum absolute atomic E-state index is 0.174. The van der Waals surface area contributed by atoms with Crippen LogP contribution >= 0.6 is 11.6 Å². The van der Waals surface area contributed by atoms with Crippen molar-refractivity contribution >= 4 is 29.3 Å². The van der Waals surface area contributed by atoms with Crippen LogP contribution in [0.4, 0.5) is 0 Å². The van der Waals surface area contributed by atoms with Crippen LogP contribution in [0.15, 0.2) is 12.3 Å². The maximum Gasteiger partial charge on any atom is 0.258 e. The van der Waals surface area contributed by atoms with Gasteiger partial charge in [-0.1, -0.05) is 11.6 Å². The highest BCUT2D eigenvalue weighted by atomic mass is 35.5. The number of halogens is 1. The van der Waals surface area contributed by atoms with Crippen LogP contribution in [-0.2, 0) is 9.59 Å². The number of amides is 3. The normalized spacial score (nSPS) is 17.9. The topological polar surface area (TPSA) is 79.4 Å². The predicted octanol–water partition coefficient (Wildman–Crippen LogP) is 0.921. The number of carbonyl (C=O) groups is 3. The standard InChI is InChI=1S/C13H14ClN3O3/c1-7-4-9(14)8(5-15-7)11(19)17-6-10(18)16-12(20)13(17,2)3/h4-5H,6H2,1-3H3,(H,16,18,20). The number of aromatic nitrogens is 1. The molecule has 0 bridgehead atoms. The summed E-state index contributed by atoms with van der Waals surface area (Å²) in [6, 6.07) is 1.56. The molecule has 3 amide bonds. The number of imide groups is 1. The zero-order valence-corrected chi connectivity index (χ0v) is 12.1. The number of rotatable bonds is 1. The summed E-state index contributed by atoms with van der Waals surface area (Å²) in [5.74, 6) is -1.52. The molecule has 1 N–H and O–H groups in total. The molecule has 1 saturated heterocycles. The van der Waals surface area contributed by atoms with Crippen molar-refractivity contribution in [2.24, 2.45) is 0 Å². The van der Waals surface area contributed by atoms with Crippen LogP contribution in [0.25, 0.3) is 0 Å². The summed E-state index contributed by atoms with van der Waals surface area (Å²) in [4.78, 5) is 41.0. The van der Waals surface area contributed by atoms with E-state index in [1.807, 2.05) is 0 Å². The van der Waals surface area contributed by atoms with Crippen LogP contribution in [0.3, 0.4) is 0 Å². The average Bonchev–Trinajstić information content (AvgIpc) is 2.33. The molecule has 7 heteroatoms. The molecule has 0 atom stereocenters. The Labute approximate surface area is 121 Å². The first kappa shape index (κ1) is 14.5. The quantitative estimate of drug-likeness (QED) is 0.781. The monoisotopic (exact) mass is 295 g/mol. The fourth-order valence-electron chi connectivity index (χ4n) is 1.94. The molecule has 1 aromatic rings. The second-order valence-electron chi connectivity index (χ2n) is 5.13. The number of piperazine rings is 1. The van der Waals surface area contributed by atoms with Crippen LogP contribution in [0.2, 0.25) is 5.02 Å². The summed E-state index contributed by atoms with van der Waals surface area (Å²) < 4.78 is 0. The van der Waals surface area contributed by atoms with Gasteiger partial charge in [-0.3, -0.25) is 24.7 Å². The third-order valence-corrected chi connectivity index (χ3v) is 3.56. The largest absolute Gasteiger partial charge is 0.315 e. The summed E-state index contributed by atoms with van der Waals surface area (Å²) in [7, 11) is 0. The minimum Gasteiger partial charge on any atom is -0.315 e. The average molecular weight is 296 g/mol. The van der Waals surface area contributed by atoms with Crippen LogP contribution in [0.5, 0.6) is 0 Å². The van der Waals surface area contributed by atoms with Gasteiger partial charge in [0.25, 0.3) is 11.8 Å². The number of carbonyl (C=O) groups excluding carboxylic acids is 3. The third-order valence-electron chi connectivity index (χ3n) is 3.25. The predicted molar refractivity (Wildman–Crippen MR) is 72.2 cm³/mol. The Morgan fingerprint density at radius 3 is 2.70 bits per heavy atom. The van der Waals surface area contributed by atoms with E-state index >= 15 is 0 Å². The maximum atomic E-state index is 12.5. The molecule has 1 aliphatic rings. The molecule has 2 heterocycles. The Balaban J connectivity index is 2.40. The van der Waals surface area contributed by atoms with E-state index in [-0.39, 0.29) is 17.1 Å². The SMILES string of the molecule is Cc1cc(Cl)c(C(=O)N2CC(=O)NC(=O)C2(C)C)cn1. The van der Waals surface area contributed by atoms with Crippen molar-refractivity contribution in [3.8, 4) is 0 Å². The van der Waals surface area contributed by atoms with Crippen molar-refractivity contribution in [2.45, 2.75) is 26.3 Å². The van der Waals surface area contributed by atoms with E-state index in [9.17, 15) is 14.4 Å². The molecule has 106 valence electrons. The van der Waals surface area contributed by atoms with Crippen molar-refractivity contribution in [1.82, 2.24) is 15.2 Å². The zero-order chi connectivity index (χ0) is 15.1. The first-order valence-electron chi connectivity index (χ1n) is 6.02. The van der Waals surface area contributed by atoms with E-state index in [2.05, 4.69) is 10.3 Å². The molecule has 2 rings (SSSR count). The number of aryl methyl sites for hydroxylation is 1. The van der Waals surface area contributed by atoms with Gasteiger partial charge in [-0.2, -0.15) is 0 Å². The molecular weight excluding hydrogens is 282 g/mol. The molecule has 0 aromatic carbocycles. The smallest absolute Gasteiger partial charge is 0.258 e. The van der Waals surface area contributed by atoms with Crippen LogP contribution in [-0.4, -0.2) is 39.7 Å². The molecule has 0 unspecified atom stereocenters. The Bertz CT molecular complexity index is 613. The van der Waals surface area contributed by atoms with Crippen LogP contribution in [0, 0.1) is 6.92 Å². The lowest BCUT2D eigenvalue weighted by Crippen LogP contribution is -2.65. The molecule has 20 heavy (non-hydrogen) atoms. The van der Waals surface area contributed by atoms with Crippen molar-refractivity contribution in [3.63, 3.8) is 0 Å². The van der Waals surface area contributed by atoms with E-state index in [4.69, 9.17) is 11.6 Å². The van der Waals surface area contributed by atoms with E-state index in [1.165, 1.54) is 11.1 Å². The van der Waals surface area contributed by atoms with Gasteiger partial charge in [0.1, 0.15) is 12.1 Å². The Hall–Kier alpha value is -1.95. The molecular formula is C13H14ClN3O3. The van der Waals surface area contributed by atoms with Crippen molar-refractivity contribution in [1.29, 1.82) is 0 Å². The van der Waals surface area contributed by atoms with Gasteiger partial charge in [0.15, 0.2) is 0 Å². The Kier molecular flexibility index (Phi) is 3.52. The molecule has 6 nitrogen and oxygen atoms in total. The van der Waals surface area contributed by atoms with Gasteiger partial charge >= 0.3 is 0 Å². The molecule has 0 radical (unpaired) electrons. The second kappa shape index (κ2) is 4.86. The summed E-state index contributed by atoms with van der Waals surface area (Å²) in [6.07, 6.45) is 1.35. The molecule has 0 spiro atoms.